The van der Waals surface area contributed by atoms with Crippen molar-refractivity contribution in [3.63, 3.8) is 0 Å². The van der Waals surface area contributed by atoms with E-state index in [1.165, 1.54) is 18.6 Å². The van der Waals surface area contributed by atoms with Gasteiger partial charge in [-0.2, -0.15) is 0 Å². The fourth-order valence-corrected chi connectivity index (χ4v) is 8.78. The monoisotopic (exact) mass is 1100 g/mol. The second kappa shape index (κ2) is 38.1. The van der Waals surface area contributed by atoms with Gasteiger partial charge in [0.2, 0.25) is 5.91 Å². The number of nitrogens with zero attached hydrogens (tertiary/aromatic N) is 1. The van der Waals surface area contributed by atoms with E-state index in [2.05, 4.69) is 118 Å². The number of ketones is 2. The maximum atomic E-state index is 11.1. The molecule has 0 spiro atoms. The lowest BCUT2D eigenvalue weighted by Crippen LogP contribution is -2.38. The van der Waals surface area contributed by atoms with Gasteiger partial charge in [0, 0.05) is 43.5 Å². The van der Waals surface area contributed by atoms with Crippen LogP contribution < -0.4 is 0 Å². The summed E-state index contributed by atoms with van der Waals surface area (Å²) in [6, 6.07) is 0.345. The van der Waals surface area contributed by atoms with Gasteiger partial charge in [-0.05, 0) is 136 Å². The van der Waals surface area contributed by atoms with Gasteiger partial charge in [-0.25, -0.2) is 9.59 Å². The molecule has 78 heavy (non-hydrogen) atoms. The standard InChI is InChI=1S/2C9H14O.C8H13NO.C8H12O2.C8H16O.C7H10O2.2C6H12O.C5H10O/c1-7(2)8-4-3-5-9(10)6-8;1-7(2)8-5-3-4-6-9(8)10;1-7(2)9-6-4-3-5-8(9)10;1-6(2)7-4-3-5-8(9)10-7;1-5(2)7-8(9-7)6(3)4;1-5(2)6-3-4-7(8)9-6;1-5(2)3-6-4-7-6;1-4(2)6-5(3)7-6;1-4(2)5-3-6-5/h3,5,7-8H,4,6H2,1-2H3;4,6-8H,3,5H2,1-2H3;3,5,7H,4,6H2,1-2H3;3,5-7H,4H2,1-2H3;5-8H,1-4H3;3-6H,1-2H3;5-6H,3-4H2,1-2H3;4-6H,1-3H3;4-5H,3H2,1-2H3. The van der Waals surface area contributed by atoms with Crippen LogP contribution >= 0.6 is 0 Å². The van der Waals surface area contributed by atoms with Crippen molar-refractivity contribution in [1.29, 1.82) is 0 Å². The van der Waals surface area contributed by atoms with Gasteiger partial charge in [0.25, 0.3) is 0 Å². The highest BCUT2D eigenvalue weighted by atomic mass is 16.6. The summed E-state index contributed by atoms with van der Waals surface area (Å²) in [5, 5.41) is 0. The van der Waals surface area contributed by atoms with E-state index in [0.717, 1.165) is 76.0 Å². The molecule has 1 amide bonds. The molecule has 7 aliphatic heterocycles. The van der Waals surface area contributed by atoms with Crippen molar-refractivity contribution in [3.8, 4) is 0 Å². The largest absolute Gasteiger partial charge is 0.459 e. The summed E-state index contributed by atoms with van der Waals surface area (Å²) in [7, 11) is 0. The predicted molar refractivity (Wildman–Crippen MR) is 318 cm³/mol. The number of rotatable bonds is 11. The highest BCUT2D eigenvalue weighted by Crippen LogP contribution is 2.34. The minimum absolute atomic E-state index is 0.0116. The molecule has 4 fully saturated rings. The third-order valence-corrected chi connectivity index (χ3v) is 14.4. The summed E-state index contributed by atoms with van der Waals surface area (Å²) < 4.78 is 30.5. The van der Waals surface area contributed by atoms with Crippen molar-refractivity contribution in [1.82, 2.24) is 4.90 Å². The van der Waals surface area contributed by atoms with Crippen LogP contribution in [0.2, 0.25) is 0 Å². The number of amides is 1. The van der Waals surface area contributed by atoms with Crippen LogP contribution in [0.15, 0.2) is 60.8 Å². The molecule has 2 aliphatic carbocycles. The summed E-state index contributed by atoms with van der Waals surface area (Å²) in [4.78, 5) is 56.1. The Morgan fingerprint density at radius 1 is 0.526 bits per heavy atom. The van der Waals surface area contributed by atoms with Crippen LogP contribution in [0.25, 0.3) is 0 Å². The predicted octanol–water partition coefficient (Wildman–Crippen LogP) is 14.1. The molecule has 12 nitrogen and oxygen atoms in total. The zero-order valence-corrected chi connectivity index (χ0v) is 52.8. The van der Waals surface area contributed by atoms with Crippen LogP contribution in [0.1, 0.15) is 190 Å². The quantitative estimate of drug-likeness (QED) is 0.143. The number of hydrogen-bond acceptors (Lipinski definition) is 11. The average molecular weight is 1100 g/mol. The molecule has 0 aromatic heterocycles. The number of esters is 2. The Bertz CT molecular complexity index is 1790. The van der Waals surface area contributed by atoms with E-state index in [-0.39, 0.29) is 30.1 Å². The van der Waals surface area contributed by atoms with Gasteiger partial charge in [0.1, 0.15) is 12.2 Å². The highest BCUT2D eigenvalue weighted by Gasteiger charge is 2.42. The summed E-state index contributed by atoms with van der Waals surface area (Å²) in [6.45, 7) is 47.9. The van der Waals surface area contributed by atoms with Gasteiger partial charge in [0.05, 0.1) is 49.8 Å². The summed E-state index contributed by atoms with van der Waals surface area (Å²) in [6.07, 6.45) is 28.3. The Labute approximate surface area is 475 Å². The van der Waals surface area contributed by atoms with Gasteiger partial charge in [-0.15, -0.1) is 0 Å². The molecule has 0 saturated carbocycles. The van der Waals surface area contributed by atoms with Crippen molar-refractivity contribution in [2.24, 2.45) is 65.1 Å². The van der Waals surface area contributed by atoms with Crippen molar-refractivity contribution in [2.45, 2.75) is 245 Å². The number of epoxide rings is 4. The zero-order chi connectivity index (χ0) is 59.4. The second-order valence-electron chi connectivity index (χ2n) is 25.5. The molecule has 0 aromatic carbocycles. The first kappa shape index (κ1) is 72.3. The lowest BCUT2D eigenvalue weighted by atomic mass is 9.84. The zero-order valence-electron chi connectivity index (χ0n) is 52.8. The maximum absolute atomic E-state index is 11.1. The third-order valence-electron chi connectivity index (χ3n) is 14.4. The molecule has 7 heterocycles. The molecule has 9 rings (SSSR count). The number of cyclic esters (lactones) is 2. The average Bonchev–Trinajstić information content (AvgIpc) is 4.14. The Morgan fingerprint density at radius 2 is 1.06 bits per heavy atom. The molecule has 0 bridgehead atoms. The first-order valence-corrected chi connectivity index (χ1v) is 30.1. The summed E-state index contributed by atoms with van der Waals surface area (Å²) >= 11 is 0. The van der Waals surface area contributed by atoms with Crippen molar-refractivity contribution in [2.75, 3.05) is 19.8 Å². The molecular weight excluding hydrogens is 983 g/mol. The number of allylic oxidation sites excluding steroid dienone is 4. The molecule has 0 aromatic rings. The van der Waals surface area contributed by atoms with Crippen LogP contribution in [-0.2, 0) is 52.4 Å². The highest BCUT2D eigenvalue weighted by molar-refractivity contribution is 5.92. The van der Waals surface area contributed by atoms with Crippen molar-refractivity contribution >= 4 is 29.4 Å². The Hall–Kier alpha value is -3.71. The van der Waals surface area contributed by atoms with Gasteiger partial charge in [0.15, 0.2) is 11.6 Å². The van der Waals surface area contributed by atoms with E-state index >= 15 is 0 Å². The van der Waals surface area contributed by atoms with Crippen LogP contribution in [0.5, 0.6) is 0 Å². The fourth-order valence-electron chi connectivity index (χ4n) is 8.78. The molecule has 9 aliphatic rings. The van der Waals surface area contributed by atoms with E-state index < -0.39 is 0 Å². The maximum Gasteiger partial charge on any atom is 0.331 e. The Balaban J connectivity index is 0.000000441. The van der Waals surface area contributed by atoms with E-state index in [0.29, 0.717) is 102 Å². The molecular formula is C66H113NO11. The van der Waals surface area contributed by atoms with E-state index in [9.17, 15) is 24.0 Å². The number of carbonyl (C=O) groups excluding carboxylic acids is 5. The van der Waals surface area contributed by atoms with Crippen LogP contribution in [0, 0.1) is 65.1 Å². The van der Waals surface area contributed by atoms with Crippen molar-refractivity contribution < 1.29 is 52.4 Å². The molecule has 0 N–H and O–H groups in total. The molecule has 4 saturated heterocycles. The smallest absolute Gasteiger partial charge is 0.331 e. The van der Waals surface area contributed by atoms with Gasteiger partial charge in [-0.1, -0.05) is 149 Å². The van der Waals surface area contributed by atoms with E-state index in [1.807, 2.05) is 56.9 Å². The Morgan fingerprint density at radius 3 is 1.32 bits per heavy atom. The third kappa shape index (κ3) is 33.1. The first-order chi connectivity index (χ1) is 36.5. The van der Waals surface area contributed by atoms with Crippen LogP contribution in [0.3, 0.4) is 0 Å². The minimum Gasteiger partial charge on any atom is -0.459 e. The molecule has 12 heteroatoms. The molecule has 0 radical (unpaired) electrons. The number of carbonyl (C=O) groups is 5. The van der Waals surface area contributed by atoms with Crippen molar-refractivity contribution in [3.05, 3.63) is 60.8 Å². The number of hydrogen-bond donors (Lipinski definition) is 0. The van der Waals surface area contributed by atoms with E-state index in [4.69, 9.17) is 28.4 Å². The lowest BCUT2D eigenvalue weighted by Gasteiger charge is -2.27. The first-order valence-electron chi connectivity index (χ1n) is 30.1. The topological polar surface area (TPSA) is 157 Å². The minimum atomic E-state index is -0.214. The SMILES string of the molecule is CC(C)C1C=CC(=O)O1.CC(C)C1CC=CC(=O)C1.CC(C)C1CC=CC(=O)O1.CC(C)C1CCC=CC1=O.CC(C)C1CO1.CC(C)C1OC1C.CC(C)C1OC1C(C)C.CC(C)CC1CO1.CC(C)N1CCC=CC1=O. The van der Waals surface area contributed by atoms with Crippen LogP contribution in [0.4, 0.5) is 0 Å². The lowest BCUT2D eigenvalue weighted by molar-refractivity contribution is -0.146. The van der Waals surface area contributed by atoms with Crippen LogP contribution in [-0.4, -0.2) is 109 Å². The van der Waals surface area contributed by atoms with E-state index in [1.54, 1.807) is 24.3 Å². The summed E-state index contributed by atoms with van der Waals surface area (Å²) in [5.41, 5.74) is 0. The molecule has 10 unspecified atom stereocenters. The van der Waals surface area contributed by atoms with Gasteiger partial charge < -0.3 is 33.3 Å². The summed E-state index contributed by atoms with van der Waals surface area (Å²) in [5.74, 6) is 6.91. The van der Waals surface area contributed by atoms with Gasteiger partial charge in [-0.3, -0.25) is 14.4 Å². The normalized spacial score (nSPS) is 27.6. The van der Waals surface area contributed by atoms with Gasteiger partial charge >= 0.3 is 11.9 Å². The Kier molecular flexibility index (Phi) is 35.3. The number of ether oxygens (including phenoxy) is 6. The molecule has 448 valence electrons. The second-order valence-corrected chi connectivity index (χ2v) is 25.5. The molecule has 10 atom stereocenters. The fraction of sp³-hybridized carbons (Fsp3) is 0.773.